The molecule has 0 saturated heterocycles. The van der Waals surface area contributed by atoms with E-state index in [0.29, 0.717) is 0 Å². The molecule has 0 amide bonds. The van der Waals surface area contributed by atoms with Crippen molar-refractivity contribution in [1.82, 2.24) is 5.32 Å². The van der Waals surface area contributed by atoms with Crippen LogP contribution in [-0.4, -0.2) is 20.2 Å². The van der Waals surface area contributed by atoms with Gasteiger partial charge in [-0.2, -0.15) is 0 Å². The van der Waals surface area contributed by atoms with Crippen LogP contribution >= 0.6 is 11.3 Å². The summed E-state index contributed by atoms with van der Waals surface area (Å²) in [7, 11) is 1.68. The molecule has 18 heavy (non-hydrogen) atoms. The van der Waals surface area contributed by atoms with Crippen molar-refractivity contribution < 1.29 is 4.74 Å². The molecular formula is C14H18N2OS. The van der Waals surface area contributed by atoms with Crippen LogP contribution in [0.3, 0.4) is 0 Å². The predicted octanol–water partition coefficient (Wildman–Crippen LogP) is 2.96. The number of anilines is 1. The van der Waals surface area contributed by atoms with Gasteiger partial charge in [-0.15, -0.1) is 11.3 Å². The van der Waals surface area contributed by atoms with E-state index in [1.165, 1.54) is 4.88 Å². The van der Waals surface area contributed by atoms with Gasteiger partial charge >= 0.3 is 0 Å². The topological polar surface area (TPSA) is 33.3 Å². The van der Waals surface area contributed by atoms with Crippen LogP contribution in [0, 0.1) is 0 Å². The summed E-state index contributed by atoms with van der Waals surface area (Å²) < 4.78 is 5.11. The van der Waals surface area contributed by atoms with Crippen molar-refractivity contribution in [3.63, 3.8) is 0 Å². The Balaban J connectivity index is 1.62. The minimum atomic E-state index is 0.886. The van der Waals surface area contributed by atoms with Crippen molar-refractivity contribution >= 4 is 17.0 Å². The highest BCUT2D eigenvalue weighted by atomic mass is 32.1. The molecule has 2 N–H and O–H groups in total. The molecule has 0 aliphatic heterocycles. The lowest BCUT2D eigenvalue weighted by atomic mass is 10.3. The molecule has 1 aromatic heterocycles. The van der Waals surface area contributed by atoms with Crippen LogP contribution in [-0.2, 0) is 6.54 Å². The Morgan fingerprint density at radius 3 is 2.61 bits per heavy atom. The molecule has 0 bridgehead atoms. The van der Waals surface area contributed by atoms with E-state index >= 15 is 0 Å². The highest BCUT2D eigenvalue weighted by Gasteiger charge is 1.94. The third-order valence-electron chi connectivity index (χ3n) is 2.60. The van der Waals surface area contributed by atoms with E-state index in [0.717, 1.165) is 31.1 Å². The van der Waals surface area contributed by atoms with Gasteiger partial charge in [0.05, 0.1) is 7.11 Å². The van der Waals surface area contributed by atoms with Crippen molar-refractivity contribution in [2.75, 3.05) is 25.5 Å². The fourth-order valence-electron chi connectivity index (χ4n) is 1.63. The molecule has 0 unspecified atom stereocenters. The summed E-state index contributed by atoms with van der Waals surface area (Å²) in [6, 6.07) is 12.2. The average Bonchev–Trinajstić information content (AvgIpc) is 2.92. The van der Waals surface area contributed by atoms with E-state index in [9.17, 15) is 0 Å². The monoisotopic (exact) mass is 262 g/mol. The molecule has 0 fully saturated rings. The van der Waals surface area contributed by atoms with Crippen molar-refractivity contribution in [3.05, 3.63) is 46.7 Å². The average molecular weight is 262 g/mol. The fourth-order valence-corrected chi connectivity index (χ4v) is 2.30. The Morgan fingerprint density at radius 2 is 1.94 bits per heavy atom. The largest absolute Gasteiger partial charge is 0.497 e. The molecule has 2 aromatic rings. The van der Waals surface area contributed by atoms with Crippen molar-refractivity contribution in [1.29, 1.82) is 0 Å². The summed E-state index contributed by atoms with van der Waals surface area (Å²) in [4.78, 5) is 1.37. The fraction of sp³-hybridized carbons (Fsp3) is 0.286. The number of nitrogens with one attached hydrogen (secondary N) is 2. The van der Waals surface area contributed by atoms with Crippen LogP contribution in [0.1, 0.15) is 4.88 Å². The van der Waals surface area contributed by atoms with Gasteiger partial charge in [0.25, 0.3) is 0 Å². The van der Waals surface area contributed by atoms with Crippen LogP contribution in [0.25, 0.3) is 0 Å². The van der Waals surface area contributed by atoms with Crippen LogP contribution in [0.15, 0.2) is 41.8 Å². The first kappa shape index (κ1) is 12.9. The van der Waals surface area contributed by atoms with Gasteiger partial charge in [0.2, 0.25) is 0 Å². The Hall–Kier alpha value is -1.52. The van der Waals surface area contributed by atoms with Gasteiger partial charge in [-0.05, 0) is 35.7 Å². The summed E-state index contributed by atoms with van der Waals surface area (Å²) in [6.45, 7) is 2.81. The molecule has 0 saturated carbocycles. The summed E-state index contributed by atoms with van der Waals surface area (Å²) >= 11 is 1.78. The maximum atomic E-state index is 5.11. The van der Waals surface area contributed by atoms with E-state index in [2.05, 4.69) is 28.1 Å². The molecular weight excluding hydrogens is 244 g/mol. The second kappa shape index (κ2) is 7.03. The van der Waals surface area contributed by atoms with Crippen molar-refractivity contribution in [2.24, 2.45) is 0 Å². The zero-order valence-electron chi connectivity index (χ0n) is 10.5. The molecule has 1 heterocycles. The number of rotatable bonds is 7. The van der Waals surface area contributed by atoms with E-state index in [4.69, 9.17) is 4.74 Å². The first-order chi connectivity index (χ1) is 8.88. The Morgan fingerprint density at radius 1 is 1.11 bits per heavy atom. The highest BCUT2D eigenvalue weighted by Crippen LogP contribution is 2.14. The summed E-state index contributed by atoms with van der Waals surface area (Å²) in [5, 5.41) is 8.87. The first-order valence-corrected chi connectivity index (χ1v) is 6.87. The molecule has 0 aliphatic carbocycles. The van der Waals surface area contributed by atoms with E-state index in [1.807, 2.05) is 24.3 Å². The van der Waals surface area contributed by atoms with Gasteiger partial charge in [-0.1, -0.05) is 6.07 Å². The minimum absolute atomic E-state index is 0.886. The Kier molecular flexibility index (Phi) is 5.05. The van der Waals surface area contributed by atoms with Gasteiger partial charge in [-0.25, -0.2) is 0 Å². The number of methoxy groups -OCH3 is 1. The van der Waals surface area contributed by atoms with Crippen LogP contribution in [0.5, 0.6) is 5.75 Å². The molecule has 0 spiro atoms. The zero-order chi connectivity index (χ0) is 12.6. The third kappa shape index (κ3) is 4.05. The zero-order valence-corrected chi connectivity index (χ0v) is 11.3. The maximum Gasteiger partial charge on any atom is 0.119 e. The van der Waals surface area contributed by atoms with Crippen LogP contribution < -0.4 is 15.4 Å². The molecule has 96 valence electrons. The standard InChI is InChI=1S/C14H18N2OS/c1-17-13-6-4-12(5-7-13)16-9-8-15-11-14-3-2-10-18-14/h2-7,10,15-16H,8-9,11H2,1H3. The number of thiophene rings is 1. The van der Waals surface area contributed by atoms with Gasteiger partial charge in [-0.3, -0.25) is 0 Å². The Labute approximate surface area is 112 Å². The summed E-state index contributed by atoms with van der Waals surface area (Å²) in [5.41, 5.74) is 1.12. The van der Waals surface area contributed by atoms with E-state index < -0.39 is 0 Å². The number of hydrogen-bond acceptors (Lipinski definition) is 4. The number of benzene rings is 1. The molecule has 4 heteroatoms. The second-order valence-corrected chi connectivity index (χ2v) is 4.94. The van der Waals surface area contributed by atoms with Crippen LogP contribution in [0.4, 0.5) is 5.69 Å². The number of hydrogen-bond donors (Lipinski definition) is 2. The molecule has 2 rings (SSSR count). The van der Waals surface area contributed by atoms with Crippen molar-refractivity contribution in [2.45, 2.75) is 6.54 Å². The highest BCUT2D eigenvalue weighted by molar-refractivity contribution is 7.09. The SMILES string of the molecule is COc1ccc(NCCNCc2cccs2)cc1. The van der Waals surface area contributed by atoms with Gasteiger partial charge in [0, 0.05) is 30.2 Å². The smallest absolute Gasteiger partial charge is 0.119 e. The van der Waals surface area contributed by atoms with Gasteiger partial charge in [0.15, 0.2) is 0 Å². The van der Waals surface area contributed by atoms with Crippen molar-refractivity contribution in [3.8, 4) is 5.75 Å². The second-order valence-electron chi connectivity index (χ2n) is 3.91. The normalized spacial score (nSPS) is 10.3. The molecule has 3 nitrogen and oxygen atoms in total. The molecule has 1 aromatic carbocycles. The third-order valence-corrected chi connectivity index (χ3v) is 3.48. The van der Waals surface area contributed by atoms with Gasteiger partial charge < -0.3 is 15.4 Å². The van der Waals surface area contributed by atoms with Crippen LogP contribution in [0.2, 0.25) is 0 Å². The van der Waals surface area contributed by atoms with E-state index in [1.54, 1.807) is 18.4 Å². The number of ether oxygens (including phenoxy) is 1. The van der Waals surface area contributed by atoms with Gasteiger partial charge in [0.1, 0.15) is 5.75 Å². The lowest BCUT2D eigenvalue weighted by Gasteiger charge is -2.08. The lowest BCUT2D eigenvalue weighted by Crippen LogP contribution is -2.21. The molecule has 0 radical (unpaired) electrons. The quantitative estimate of drug-likeness (QED) is 0.753. The summed E-state index contributed by atoms with van der Waals surface area (Å²) in [6.07, 6.45) is 0. The molecule has 0 aliphatic rings. The first-order valence-electron chi connectivity index (χ1n) is 5.99. The van der Waals surface area contributed by atoms with E-state index in [-0.39, 0.29) is 0 Å². The maximum absolute atomic E-state index is 5.11. The minimum Gasteiger partial charge on any atom is -0.497 e. The molecule has 0 atom stereocenters. The Bertz CT molecular complexity index is 439. The predicted molar refractivity (Wildman–Crippen MR) is 77.5 cm³/mol. The lowest BCUT2D eigenvalue weighted by molar-refractivity contribution is 0.415. The summed E-state index contributed by atoms with van der Waals surface area (Å²) in [5.74, 6) is 0.886.